The minimum Gasteiger partial charge on any atom is -0.313 e. The Morgan fingerprint density at radius 3 is 2.38 bits per heavy atom. The maximum absolute atomic E-state index is 3.70. The second-order valence-corrected chi connectivity index (χ2v) is 6.11. The lowest BCUT2D eigenvalue weighted by molar-refractivity contribution is 0.0823. The molecular formula is C14H28N2. The van der Waals surface area contributed by atoms with Crippen LogP contribution in [-0.2, 0) is 0 Å². The van der Waals surface area contributed by atoms with Crippen molar-refractivity contribution in [2.75, 3.05) is 13.1 Å². The number of hydrogen-bond acceptors (Lipinski definition) is 2. The van der Waals surface area contributed by atoms with Crippen molar-refractivity contribution in [2.45, 2.75) is 71.0 Å². The topological polar surface area (TPSA) is 15.3 Å². The normalized spacial score (nSPS) is 42.2. The van der Waals surface area contributed by atoms with Gasteiger partial charge >= 0.3 is 0 Å². The molecule has 0 radical (unpaired) electrons. The van der Waals surface area contributed by atoms with E-state index in [0.717, 1.165) is 24.0 Å². The average molecular weight is 224 g/mol. The summed E-state index contributed by atoms with van der Waals surface area (Å²) in [7, 11) is 0. The third-order valence-corrected chi connectivity index (χ3v) is 4.56. The molecule has 2 nitrogen and oxygen atoms in total. The summed E-state index contributed by atoms with van der Waals surface area (Å²) in [5, 5.41) is 3.70. The van der Waals surface area contributed by atoms with E-state index in [1.54, 1.807) is 0 Å². The maximum atomic E-state index is 3.70. The Morgan fingerprint density at radius 1 is 1.06 bits per heavy atom. The van der Waals surface area contributed by atoms with Crippen LogP contribution >= 0.6 is 0 Å². The lowest BCUT2D eigenvalue weighted by atomic mass is 9.91. The van der Waals surface area contributed by atoms with Gasteiger partial charge in [0, 0.05) is 24.7 Å². The third-order valence-electron chi connectivity index (χ3n) is 4.56. The molecule has 4 unspecified atom stereocenters. The largest absolute Gasteiger partial charge is 0.313 e. The Bertz CT molecular complexity index is 207. The van der Waals surface area contributed by atoms with Crippen molar-refractivity contribution in [1.82, 2.24) is 10.2 Å². The van der Waals surface area contributed by atoms with Crippen LogP contribution in [0.4, 0.5) is 0 Å². The highest BCUT2D eigenvalue weighted by Crippen LogP contribution is 2.24. The molecule has 0 spiro atoms. The van der Waals surface area contributed by atoms with Crippen LogP contribution in [0, 0.1) is 5.92 Å². The molecule has 4 atom stereocenters. The summed E-state index contributed by atoms with van der Waals surface area (Å²) in [6.07, 6.45) is 6.95. The lowest BCUT2D eigenvalue weighted by Crippen LogP contribution is -2.52. The molecule has 0 amide bonds. The van der Waals surface area contributed by atoms with Crippen molar-refractivity contribution < 1.29 is 0 Å². The highest BCUT2D eigenvalue weighted by Gasteiger charge is 2.28. The molecule has 2 rings (SSSR count). The summed E-state index contributed by atoms with van der Waals surface area (Å²) in [5.41, 5.74) is 0. The first-order chi connectivity index (χ1) is 7.66. The van der Waals surface area contributed by atoms with Gasteiger partial charge in [0.15, 0.2) is 0 Å². The quantitative estimate of drug-likeness (QED) is 0.776. The molecule has 2 fully saturated rings. The van der Waals surface area contributed by atoms with Crippen LogP contribution in [0.1, 0.15) is 52.9 Å². The van der Waals surface area contributed by atoms with E-state index in [4.69, 9.17) is 0 Å². The number of piperidine rings is 2. The second kappa shape index (κ2) is 5.50. The van der Waals surface area contributed by atoms with Gasteiger partial charge in [-0.3, -0.25) is 4.90 Å². The van der Waals surface area contributed by atoms with Gasteiger partial charge in [0.2, 0.25) is 0 Å². The first-order valence-electron chi connectivity index (χ1n) is 7.16. The molecule has 0 aromatic rings. The zero-order valence-corrected chi connectivity index (χ0v) is 11.2. The van der Waals surface area contributed by atoms with Crippen LogP contribution in [0.2, 0.25) is 0 Å². The SMILES string of the molecule is CC1CCNC(CN2C(C)CCCC2C)C1. The molecule has 0 aromatic heterocycles. The summed E-state index contributed by atoms with van der Waals surface area (Å²) in [4.78, 5) is 2.74. The average Bonchev–Trinajstić information content (AvgIpc) is 2.24. The fraction of sp³-hybridized carbons (Fsp3) is 1.00. The fourth-order valence-electron chi connectivity index (χ4n) is 3.45. The zero-order valence-electron chi connectivity index (χ0n) is 11.2. The van der Waals surface area contributed by atoms with E-state index in [1.165, 1.54) is 45.2 Å². The van der Waals surface area contributed by atoms with Gasteiger partial charge < -0.3 is 5.32 Å². The van der Waals surface area contributed by atoms with Crippen LogP contribution < -0.4 is 5.32 Å². The Labute approximate surface area is 101 Å². The molecule has 94 valence electrons. The van der Waals surface area contributed by atoms with Gasteiger partial charge in [-0.1, -0.05) is 13.3 Å². The predicted molar refractivity (Wildman–Crippen MR) is 69.7 cm³/mol. The molecule has 16 heavy (non-hydrogen) atoms. The first kappa shape index (κ1) is 12.4. The molecule has 2 heteroatoms. The first-order valence-corrected chi connectivity index (χ1v) is 7.16. The highest BCUT2D eigenvalue weighted by molar-refractivity contribution is 4.85. The smallest absolute Gasteiger partial charge is 0.0197 e. The van der Waals surface area contributed by atoms with Crippen molar-refractivity contribution in [2.24, 2.45) is 5.92 Å². The Balaban J connectivity index is 1.86. The van der Waals surface area contributed by atoms with E-state index in [-0.39, 0.29) is 0 Å². The molecule has 2 heterocycles. The van der Waals surface area contributed by atoms with E-state index >= 15 is 0 Å². The van der Waals surface area contributed by atoms with E-state index in [9.17, 15) is 0 Å². The summed E-state index contributed by atoms with van der Waals surface area (Å²) in [6.45, 7) is 9.70. The third kappa shape index (κ3) is 2.98. The molecule has 0 aliphatic carbocycles. The number of likely N-dealkylation sites (tertiary alicyclic amines) is 1. The molecule has 0 aromatic carbocycles. The Hall–Kier alpha value is -0.0800. The lowest BCUT2D eigenvalue weighted by Gasteiger charge is -2.42. The molecule has 0 saturated carbocycles. The van der Waals surface area contributed by atoms with Gasteiger partial charge in [-0.15, -0.1) is 0 Å². The van der Waals surface area contributed by atoms with Crippen LogP contribution in [0.3, 0.4) is 0 Å². The molecule has 1 N–H and O–H groups in total. The van der Waals surface area contributed by atoms with Crippen LogP contribution in [0.5, 0.6) is 0 Å². The monoisotopic (exact) mass is 224 g/mol. The standard InChI is InChI=1S/C14H28N2/c1-11-7-8-15-14(9-11)10-16-12(2)5-4-6-13(16)3/h11-15H,4-10H2,1-3H3. The molecule has 0 bridgehead atoms. The second-order valence-electron chi connectivity index (χ2n) is 6.11. The minimum absolute atomic E-state index is 0.742. The van der Waals surface area contributed by atoms with E-state index in [2.05, 4.69) is 31.0 Å². The van der Waals surface area contributed by atoms with Gasteiger partial charge in [-0.05, 0) is 52.0 Å². The Morgan fingerprint density at radius 2 is 1.75 bits per heavy atom. The number of nitrogens with one attached hydrogen (secondary N) is 1. The molecule has 2 aliphatic heterocycles. The number of nitrogens with zero attached hydrogens (tertiary/aromatic N) is 1. The van der Waals surface area contributed by atoms with Crippen molar-refractivity contribution in [3.05, 3.63) is 0 Å². The van der Waals surface area contributed by atoms with Gasteiger partial charge in [0.05, 0.1) is 0 Å². The number of hydrogen-bond donors (Lipinski definition) is 1. The van der Waals surface area contributed by atoms with Crippen molar-refractivity contribution >= 4 is 0 Å². The minimum atomic E-state index is 0.742. The van der Waals surface area contributed by atoms with Crippen molar-refractivity contribution in [3.8, 4) is 0 Å². The van der Waals surface area contributed by atoms with E-state index < -0.39 is 0 Å². The van der Waals surface area contributed by atoms with Crippen molar-refractivity contribution in [1.29, 1.82) is 0 Å². The highest BCUT2D eigenvalue weighted by atomic mass is 15.2. The van der Waals surface area contributed by atoms with Crippen LogP contribution in [0.25, 0.3) is 0 Å². The maximum Gasteiger partial charge on any atom is 0.0197 e. The molecule has 2 aliphatic rings. The zero-order chi connectivity index (χ0) is 11.5. The van der Waals surface area contributed by atoms with Gasteiger partial charge in [-0.2, -0.15) is 0 Å². The van der Waals surface area contributed by atoms with E-state index in [1.807, 2.05) is 0 Å². The summed E-state index contributed by atoms with van der Waals surface area (Å²) >= 11 is 0. The Kier molecular flexibility index (Phi) is 4.26. The van der Waals surface area contributed by atoms with Gasteiger partial charge in [0.25, 0.3) is 0 Å². The number of rotatable bonds is 2. The van der Waals surface area contributed by atoms with Crippen LogP contribution in [0.15, 0.2) is 0 Å². The van der Waals surface area contributed by atoms with Crippen molar-refractivity contribution in [3.63, 3.8) is 0 Å². The van der Waals surface area contributed by atoms with Crippen LogP contribution in [-0.4, -0.2) is 36.1 Å². The summed E-state index contributed by atoms with van der Waals surface area (Å²) in [6, 6.07) is 2.33. The van der Waals surface area contributed by atoms with Gasteiger partial charge in [0.1, 0.15) is 0 Å². The van der Waals surface area contributed by atoms with E-state index in [0.29, 0.717) is 0 Å². The summed E-state index contributed by atoms with van der Waals surface area (Å²) in [5.74, 6) is 0.918. The van der Waals surface area contributed by atoms with Gasteiger partial charge in [-0.25, -0.2) is 0 Å². The predicted octanol–water partition coefficient (Wildman–Crippen LogP) is 2.64. The molecular weight excluding hydrogens is 196 g/mol. The molecule has 2 saturated heterocycles. The fourth-order valence-corrected chi connectivity index (χ4v) is 3.45. The summed E-state index contributed by atoms with van der Waals surface area (Å²) < 4.78 is 0.